The van der Waals surface area contributed by atoms with Gasteiger partial charge >= 0.3 is 0 Å². The van der Waals surface area contributed by atoms with Gasteiger partial charge in [-0.1, -0.05) is 104 Å². The average molecular weight is 1470 g/mol. The molecular weight excluding hydrogens is 1370 g/mol. The van der Waals surface area contributed by atoms with Crippen LogP contribution in [0.2, 0.25) is 0 Å². The van der Waals surface area contributed by atoms with Crippen LogP contribution in [-0.2, 0) is 49.8 Å². The number of hydrogen-bond donors (Lipinski definition) is 15. The number of anilines is 1. The number of benzene rings is 4. The monoisotopic (exact) mass is 1470 g/mol. The molecule has 7 aliphatic heterocycles. The Kier molecular flexibility index (Phi) is 19.2. The second kappa shape index (κ2) is 28.4. The molecule has 2 spiro atoms. The van der Waals surface area contributed by atoms with Crippen LogP contribution in [0.1, 0.15) is 179 Å². The number of ketones is 2. The molecule has 4 aromatic rings. The van der Waals surface area contributed by atoms with Crippen LogP contribution in [0.3, 0.4) is 0 Å². The summed E-state index contributed by atoms with van der Waals surface area (Å²) in [4.78, 5) is 60.1. The summed E-state index contributed by atoms with van der Waals surface area (Å²) in [6.07, 6.45) is 0.391. The van der Waals surface area contributed by atoms with Crippen molar-refractivity contribution < 1.29 is 78.6 Å². The van der Waals surface area contributed by atoms with Crippen LogP contribution in [-0.4, -0.2) is 191 Å². The van der Waals surface area contributed by atoms with Gasteiger partial charge in [-0.25, -0.2) is 0 Å². The fourth-order valence-corrected chi connectivity index (χ4v) is 21.2. The van der Waals surface area contributed by atoms with Gasteiger partial charge in [-0.3, -0.25) is 30.8 Å². The molecule has 6 fully saturated rings. The van der Waals surface area contributed by atoms with Gasteiger partial charge in [-0.15, -0.1) is 0 Å². The maximum absolute atomic E-state index is 16.0. The number of nitrogens with zero attached hydrogens (tertiary/aromatic N) is 1. The third kappa shape index (κ3) is 11.9. The molecule has 0 unspecified atom stereocenters. The van der Waals surface area contributed by atoms with Gasteiger partial charge in [0.25, 0.3) is 0 Å². The summed E-state index contributed by atoms with van der Waals surface area (Å²) in [6, 6.07) is 17.0. The Bertz CT molecular complexity index is 4380. The predicted octanol–water partition coefficient (Wildman–Crippen LogP) is 2.81. The number of carbonyl (C=O) groups excluding carboxylic acids is 4. The van der Waals surface area contributed by atoms with Crippen molar-refractivity contribution in [1.82, 2.24) is 31.9 Å². The number of carbonyl (C=O) groups is 4. The van der Waals surface area contributed by atoms with Crippen LogP contribution in [0.4, 0.5) is 5.69 Å². The first-order chi connectivity index (χ1) is 51.8. The lowest BCUT2D eigenvalue weighted by Gasteiger charge is -2.54. The number of amides is 1. The second-order valence-electron chi connectivity index (χ2n) is 32.5. The minimum atomic E-state index is -2.62. The standard InChI is InChI=1S/C82H99N9O16/c1-85-35-46-29-43-28-44-18-25-82(102)72(100)70(104-40-81-47(32-52(46)53(31-43)64(71(81)99)79(39-94)21-6-7-22-79)33-58(88-48-10-2-3-11-48)63-57(81)19-26-86-73(63)83)76-106-68-56(34-55-62(69(68)103-38-49(95)20-27-92)67(98)54-30-42(36-93)14-16-50(54)66(55)97)61(45(15-17-60(44)96)37-105-80(77(82)107-76)23-8-9-24-80)51-12-4-5-13-59(51)91-41-87-65-74(91)89-78(84)90-75(65)101/h4-5,12-14,16,19,27,29-31,33-34,44-45,48-49,58,60-61,64-65,70-72,74,76-78,85-89,93-96,99-100,102H,2-3,6-11,15,17,20-24,26,28,32,35-41,83-84H2,1H3,(H,90,101)/t44-,45+,49-,58-,60-,61+,64-,65-,70+,71+,72+,74+,76+,77+,78-,81+,82-/m1/s1. The zero-order valence-corrected chi connectivity index (χ0v) is 60.3. The summed E-state index contributed by atoms with van der Waals surface area (Å²) in [5, 5.41) is 112. The van der Waals surface area contributed by atoms with Crippen LogP contribution in [0, 0.1) is 34.5 Å². The lowest BCUT2D eigenvalue weighted by molar-refractivity contribution is -0.337. The van der Waals surface area contributed by atoms with E-state index in [1.54, 1.807) is 12.1 Å². The van der Waals surface area contributed by atoms with Crippen molar-refractivity contribution in [2.45, 2.75) is 219 Å². The fraction of sp³-hybridized carbons (Fsp3) is 0.561. The number of nitrogens with two attached hydrogens (primary N) is 2. The Hall–Kier alpha value is -7.46. The van der Waals surface area contributed by atoms with Crippen molar-refractivity contribution >= 4 is 29.4 Å². The Labute approximate surface area is 621 Å². The maximum atomic E-state index is 16.0. The summed E-state index contributed by atoms with van der Waals surface area (Å²) in [7, 11) is 1.90. The molecule has 4 aromatic carbocycles. The highest BCUT2D eigenvalue weighted by molar-refractivity contribution is 6.29. The number of nitrogens with one attached hydrogen (secondary N) is 6. The van der Waals surface area contributed by atoms with E-state index >= 15 is 9.59 Å². The van der Waals surface area contributed by atoms with E-state index in [9.17, 15) is 45.3 Å². The van der Waals surface area contributed by atoms with E-state index < -0.39 is 151 Å². The molecule has 1 amide bonds. The molecule has 25 heteroatoms. The number of para-hydroxylation sites is 1. The van der Waals surface area contributed by atoms with Crippen LogP contribution in [0.5, 0.6) is 11.5 Å². The van der Waals surface area contributed by atoms with Gasteiger partial charge < -0.3 is 96.1 Å². The Morgan fingerprint density at radius 2 is 1.69 bits per heavy atom. The van der Waals surface area contributed by atoms with E-state index in [1.165, 1.54) is 12.1 Å². The third-order valence-electron chi connectivity index (χ3n) is 26.5. The van der Waals surface area contributed by atoms with E-state index in [-0.39, 0.29) is 97.0 Å². The lowest BCUT2D eigenvalue weighted by Crippen LogP contribution is -2.73. The van der Waals surface area contributed by atoms with Gasteiger partial charge in [0, 0.05) is 82.9 Å². The Morgan fingerprint density at radius 1 is 0.897 bits per heavy atom. The van der Waals surface area contributed by atoms with Crippen molar-refractivity contribution in [1.29, 1.82) is 0 Å². The van der Waals surface area contributed by atoms with Gasteiger partial charge in [0.15, 0.2) is 28.7 Å². The van der Waals surface area contributed by atoms with Crippen LogP contribution >= 0.6 is 0 Å². The van der Waals surface area contributed by atoms with E-state index in [2.05, 4.69) is 68.0 Å². The number of aliphatic hydroxyl groups excluding tert-OH is 6. The van der Waals surface area contributed by atoms with Crippen molar-refractivity contribution in [3.05, 3.63) is 157 Å². The van der Waals surface area contributed by atoms with Crippen LogP contribution in [0.15, 0.2) is 95.4 Å². The molecule has 25 nitrogen and oxygen atoms in total. The fourth-order valence-electron chi connectivity index (χ4n) is 21.2. The second-order valence-corrected chi connectivity index (χ2v) is 32.5. The molecule has 13 aliphatic rings. The maximum Gasteiger partial charge on any atom is 0.242 e. The third-order valence-corrected chi connectivity index (χ3v) is 26.5. The first-order valence-corrected chi connectivity index (χ1v) is 38.7. The first kappa shape index (κ1) is 72.4. The van der Waals surface area contributed by atoms with Gasteiger partial charge in [0.2, 0.25) is 12.2 Å². The van der Waals surface area contributed by atoms with E-state index in [1.807, 2.05) is 36.2 Å². The normalized spacial score (nSPS) is 34.1. The zero-order chi connectivity index (χ0) is 74.0. The van der Waals surface area contributed by atoms with E-state index in [0.29, 0.717) is 91.6 Å². The summed E-state index contributed by atoms with van der Waals surface area (Å²) < 4.78 is 37.8. The topological polar surface area (TPSA) is 384 Å². The quantitative estimate of drug-likeness (QED) is 0.0432. The predicted molar refractivity (Wildman–Crippen MR) is 391 cm³/mol. The number of aldehydes is 1. The minimum absolute atomic E-state index is 0.0340. The molecule has 9 bridgehead atoms. The molecule has 3 saturated carbocycles. The van der Waals surface area contributed by atoms with Gasteiger partial charge in [0.1, 0.15) is 55.5 Å². The number of ether oxygens (including phenoxy) is 5. The van der Waals surface area contributed by atoms with E-state index in [4.69, 9.17) is 35.2 Å². The van der Waals surface area contributed by atoms with E-state index in [0.717, 1.165) is 66.4 Å². The lowest BCUT2D eigenvalue weighted by atomic mass is 9.56. The van der Waals surface area contributed by atoms with Crippen molar-refractivity contribution in [3.63, 3.8) is 0 Å². The molecule has 0 radical (unpaired) electrons. The highest BCUT2D eigenvalue weighted by Crippen LogP contribution is 2.63. The number of hydrogen-bond acceptors (Lipinski definition) is 24. The molecule has 568 valence electrons. The summed E-state index contributed by atoms with van der Waals surface area (Å²) >= 11 is 0. The number of fused-ring (bicyclic) bond motifs is 13. The summed E-state index contributed by atoms with van der Waals surface area (Å²) in [5.41, 5.74) is 14.5. The summed E-state index contributed by atoms with van der Waals surface area (Å²) in [5.74, 6) is 1.35. The number of rotatable bonds is 14. The zero-order valence-electron chi connectivity index (χ0n) is 60.3. The van der Waals surface area contributed by atoms with Crippen molar-refractivity contribution in [2.75, 3.05) is 51.6 Å². The summed E-state index contributed by atoms with van der Waals surface area (Å²) in [6.45, 7) is -1.09. The van der Waals surface area contributed by atoms with Crippen LogP contribution < -0.4 is 57.7 Å². The largest absolute Gasteiger partial charge is 0.486 e. The Morgan fingerprint density at radius 3 is 2.47 bits per heavy atom. The van der Waals surface area contributed by atoms with Gasteiger partial charge in [0.05, 0.1) is 73.3 Å². The molecule has 107 heavy (non-hydrogen) atoms. The average Bonchev–Trinajstić information content (AvgIpc) is 1.64. The number of dihydropyridines is 1. The highest BCUT2D eigenvalue weighted by Gasteiger charge is 2.67. The Balaban J connectivity index is 0.961. The van der Waals surface area contributed by atoms with Crippen LogP contribution in [0.25, 0.3) is 0 Å². The molecule has 6 aliphatic carbocycles. The number of aliphatic hydroxyl groups is 7. The van der Waals surface area contributed by atoms with Crippen molar-refractivity contribution in [2.24, 2.45) is 34.1 Å². The molecule has 17 rings (SSSR count). The minimum Gasteiger partial charge on any atom is -0.486 e. The van der Waals surface area contributed by atoms with Crippen molar-refractivity contribution in [3.8, 4) is 23.3 Å². The van der Waals surface area contributed by atoms with Gasteiger partial charge in [-0.2, -0.15) is 0 Å². The van der Waals surface area contributed by atoms with Gasteiger partial charge in [-0.05, 0) is 140 Å². The molecule has 0 aromatic heterocycles. The molecule has 3 saturated heterocycles. The highest BCUT2D eigenvalue weighted by atomic mass is 16.7. The SMILES string of the molecule is CNCc1cc2cc3c1CC1=C[C@@H](NC4CCCC4)C4=C(N)NCC=C4[C@@]1(CO[C@@H]1[C@H]4Oc5c(cc6c(c5OC[C@H](O)CC=O)C(=O)c5cc(CO)ccc5C6=O)[C@H](c5ccccc5N5CN[C@H]6C(=O)N[C@H](N)N[C@H]65)[C@H]5CC[C@@H](O)[C@H](C#C[C@@](O)([C@H]1O)[C@@H](O4)C1(CCCC1)OC5)C2)[C@@H](O)[C@@H]3C1(CO)CCCC1. The molecule has 7 heterocycles. The smallest absolute Gasteiger partial charge is 0.242 e. The molecular formula is C82H99N9O16. The molecule has 17 N–H and O–H groups in total. The molecule has 17 atom stereocenters. The first-order valence-electron chi connectivity index (χ1n) is 38.7.